The molecule has 158 valence electrons. The van der Waals surface area contributed by atoms with E-state index in [1.807, 2.05) is 9.58 Å². The van der Waals surface area contributed by atoms with E-state index in [-0.39, 0.29) is 24.8 Å². The second kappa shape index (κ2) is 7.30. The lowest BCUT2D eigenvalue weighted by Crippen LogP contribution is -2.33. The average molecular weight is 413 g/mol. The van der Waals surface area contributed by atoms with E-state index in [9.17, 15) is 14.0 Å². The highest BCUT2D eigenvalue weighted by Crippen LogP contribution is 2.34. The van der Waals surface area contributed by atoms with Gasteiger partial charge >= 0.3 is 6.09 Å². The van der Waals surface area contributed by atoms with Crippen LogP contribution in [0.4, 0.5) is 20.6 Å². The Kier molecular flexibility index (Phi) is 4.60. The summed E-state index contributed by atoms with van der Waals surface area (Å²) >= 11 is 0. The van der Waals surface area contributed by atoms with E-state index in [1.165, 1.54) is 30.7 Å². The number of hydrogen-bond acceptors (Lipinski definition) is 5. The largest absolute Gasteiger partial charge is 0.442 e. The third-order valence-corrected chi connectivity index (χ3v) is 5.81. The van der Waals surface area contributed by atoms with Crippen LogP contribution in [-0.4, -0.2) is 41.0 Å². The second-order valence-electron chi connectivity index (χ2n) is 8.31. The van der Waals surface area contributed by atoms with Crippen molar-refractivity contribution in [2.24, 2.45) is 5.92 Å². The van der Waals surface area contributed by atoms with Crippen LogP contribution in [0.15, 0.2) is 24.4 Å². The summed E-state index contributed by atoms with van der Waals surface area (Å²) in [6.07, 6.45) is 3.66. The lowest BCUT2D eigenvalue weighted by atomic mass is 10.2. The van der Waals surface area contributed by atoms with Crippen molar-refractivity contribution in [1.82, 2.24) is 15.1 Å². The number of halogens is 1. The molecule has 3 aliphatic rings. The molecule has 0 unspecified atom stereocenters. The summed E-state index contributed by atoms with van der Waals surface area (Å²) in [5, 5.41) is 7.29. The number of benzene rings is 1. The van der Waals surface area contributed by atoms with E-state index in [0.29, 0.717) is 24.5 Å². The molecule has 9 heteroatoms. The first kappa shape index (κ1) is 18.9. The number of hydrogen-bond donors (Lipinski definition) is 1. The Bertz CT molecular complexity index is 979. The predicted molar refractivity (Wildman–Crippen MR) is 108 cm³/mol. The Morgan fingerprint density at radius 3 is 2.87 bits per heavy atom. The average Bonchev–Trinajstić information content (AvgIpc) is 3.12. The van der Waals surface area contributed by atoms with Crippen LogP contribution in [0.25, 0.3) is 0 Å². The molecule has 2 amide bonds. The Hall–Kier alpha value is -3.10. The first-order valence-electron chi connectivity index (χ1n) is 10.3. The van der Waals surface area contributed by atoms with Crippen LogP contribution in [0.2, 0.25) is 0 Å². The Balaban J connectivity index is 1.25. The zero-order chi connectivity index (χ0) is 20.8. The van der Waals surface area contributed by atoms with Crippen LogP contribution >= 0.6 is 0 Å². The molecular weight excluding hydrogens is 389 g/mol. The van der Waals surface area contributed by atoms with E-state index in [0.717, 1.165) is 23.7 Å². The summed E-state index contributed by atoms with van der Waals surface area (Å²) in [6.45, 7) is 4.09. The highest BCUT2D eigenvalue weighted by molar-refractivity contribution is 5.90. The quantitative estimate of drug-likeness (QED) is 0.787. The summed E-state index contributed by atoms with van der Waals surface area (Å²) in [5.74, 6) is 0.188. The number of anilines is 2. The van der Waals surface area contributed by atoms with Gasteiger partial charge in [0.15, 0.2) is 0 Å². The highest BCUT2D eigenvalue weighted by Gasteiger charge is 2.33. The number of amides is 2. The number of nitrogens with one attached hydrogen (secondary N) is 1. The number of cyclic esters (lactones) is 1. The van der Waals surface area contributed by atoms with Crippen molar-refractivity contribution in [3.63, 3.8) is 0 Å². The van der Waals surface area contributed by atoms with Crippen LogP contribution < -0.4 is 15.1 Å². The molecule has 1 aromatic heterocycles. The van der Waals surface area contributed by atoms with Gasteiger partial charge in [0.2, 0.25) is 5.91 Å². The molecule has 3 heterocycles. The van der Waals surface area contributed by atoms with Gasteiger partial charge in [0.05, 0.1) is 36.7 Å². The van der Waals surface area contributed by atoms with Gasteiger partial charge in [0.25, 0.3) is 0 Å². The van der Waals surface area contributed by atoms with E-state index in [4.69, 9.17) is 4.74 Å². The SMILES string of the molecule is CC(=O)NC[C@H]1CN(c2ccc(N3Cc4cn(CC5CC5)nc4C3)c(F)c2)C(=O)O1. The minimum atomic E-state index is -0.538. The van der Waals surface area contributed by atoms with Gasteiger partial charge in [-0.25, -0.2) is 9.18 Å². The molecule has 2 aromatic rings. The Labute approximate surface area is 173 Å². The van der Waals surface area contributed by atoms with Crippen molar-refractivity contribution in [2.75, 3.05) is 22.9 Å². The van der Waals surface area contributed by atoms with Gasteiger partial charge in [-0.05, 0) is 37.0 Å². The van der Waals surface area contributed by atoms with E-state index < -0.39 is 12.2 Å². The predicted octanol–water partition coefficient (Wildman–Crippen LogP) is 2.41. The van der Waals surface area contributed by atoms with Crippen LogP contribution in [0.5, 0.6) is 0 Å². The minimum Gasteiger partial charge on any atom is -0.442 e. The summed E-state index contributed by atoms with van der Waals surface area (Å²) in [7, 11) is 0. The van der Waals surface area contributed by atoms with Crippen LogP contribution in [0.1, 0.15) is 31.0 Å². The molecule has 1 aliphatic carbocycles. The van der Waals surface area contributed by atoms with Crippen molar-refractivity contribution in [1.29, 1.82) is 0 Å². The molecule has 1 N–H and O–H groups in total. The topological polar surface area (TPSA) is 79.7 Å². The number of fused-ring (bicyclic) bond motifs is 1. The smallest absolute Gasteiger partial charge is 0.414 e. The lowest BCUT2D eigenvalue weighted by Gasteiger charge is -2.21. The third kappa shape index (κ3) is 3.71. The van der Waals surface area contributed by atoms with Crippen molar-refractivity contribution in [3.8, 4) is 0 Å². The first-order valence-corrected chi connectivity index (χ1v) is 10.3. The summed E-state index contributed by atoms with van der Waals surface area (Å²) in [4.78, 5) is 26.6. The van der Waals surface area contributed by atoms with Crippen LogP contribution in [0.3, 0.4) is 0 Å². The van der Waals surface area contributed by atoms with E-state index >= 15 is 0 Å². The molecule has 5 rings (SSSR count). The molecule has 1 atom stereocenters. The molecule has 2 fully saturated rings. The monoisotopic (exact) mass is 413 g/mol. The molecule has 0 bridgehead atoms. The number of carbonyl (C=O) groups excluding carboxylic acids is 2. The molecular formula is C21H24FN5O3. The standard InChI is InChI=1S/C21H24FN5O3/c1-13(28)23-7-17-11-27(21(29)30-17)16-4-5-20(18(22)6-16)25-9-15-10-26(8-14-2-3-14)24-19(15)12-25/h4-6,10,14,17H,2-3,7-9,11-12H2,1H3,(H,23,28)/t17-/m0/s1. The van der Waals surface area contributed by atoms with Gasteiger partial charge in [-0.1, -0.05) is 0 Å². The number of ether oxygens (including phenoxy) is 1. The normalized spacial score (nSPS) is 20.5. The van der Waals surface area contributed by atoms with Gasteiger partial charge in [-0.15, -0.1) is 0 Å². The van der Waals surface area contributed by atoms with E-state index in [1.54, 1.807) is 12.1 Å². The minimum absolute atomic E-state index is 0.189. The zero-order valence-electron chi connectivity index (χ0n) is 16.8. The molecule has 0 spiro atoms. The van der Waals surface area contributed by atoms with Gasteiger partial charge < -0.3 is 15.0 Å². The van der Waals surface area contributed by atoms with Gasteiger partial charge in [-0.2, -0.15) is 5.10 Å². The molecule has 2 aliphatic heterocycles. The molecule has 1 aromatic carbocycles. The number of carbonyl (C=O) groups is 2. The zero-order valence-corrected chi connectivity index (χ0v) is 16.8. The van der Waals surface area contributed by atoms with Crippen molar-refractivity contribution in [2.45, 2.75) is 45.5 Å². The second-order valence-corrected chi connectivity index (χ2v) is 8.31. The Morgan fingerprint density at radius 1 is 1.33 bits per heavy atom. The maximum absolute atomic E-state index is 14.9. The number of nitrogens with zero attached hydrogens (tertiary/aromatic N) is 4. The maximum Gasteiger partial charge on any atom is 0.414 e. The molecule has 8 nitrogen and oxygen atoms in total. The number of rotatable bonds is 6. The summed E-state index contributed by atoms with van der Waals surface area (Å²) in [6, 6.07) is 4.79. The van der Waals surface area contributed by atoms with E-state index in [2.05, 4.69) is 16.6 Å². The van der Waals surface area contributed by atoms with Crippen LogP contribution in [-0.2, 0) is 29.2 Å². The van der Waals surface area contributed by atoms with Crippen LogP contribution in [0, 0.1) is 11.7 Å². The molecule has 0 radical (unpaired) electrons. The fourth-order valence-electron chi connectivity index (χ4n) is 4.06. The maximum atomic E-state index is 14.9. The molecule has 1 saturated heterocycles. The lowest BCUT2D eigenvalue weighted by molar-refractivity contribution is -0.119. The van der Waals surface area contributed by atoms with Gasteiger partial charge in [0, 0.05) is 31.8 Å². The highest BCUT2D eigenvalue weighted by atomic mass is 19.1. The Morgan fingerprint density at radius 2 is 2.17 bits per heavy atom. The molecule has 1 saturated carbocycles. The summed E-state index contributed by atoms with van der Waals surface area (Å²) < 4.78 is 22.2. The fourth-order valence-corrected chi connectivity index (χ4v) is 4.06. The third-order valence-electron chi connectivity index (χ3n) is 5.81. The summed E-state index contributed by atoms with van der Waals surface area (Å²) in [5.41, 5.74) is 3.08. The first-order chi connectivity index (χ1) is 14.5. The van der Waals surface area contributed by atoms with Gasteiger partial charge in [0.1, 0.15) is 11.9 Å². The van der Waals surface area contributed by atoms with Gasteiger partial charge in [-0.3, -0.25) is 14.4 Å². The van der Waals surface area contributed by atoms with Crippen molar-refractivity contribution >= 4 is 23.4 Å². The molecule has 30 heavy (non-hydrogen) atoms. The van der Waals surface area contributed by atoms with Crippen molar-refractivity contribution < 1.29 is 18.7 Å². The fraction of sp³-hybridized carbons (Fsp3) is 0.476. The number of aromatic nitrogens is 2. The van der Waals surface area contributed by atoms with Crippen molar-refractivity contribution in [3.05, 3.63) is 41.5 Å².